The molecular weight excluding hydrogens is 232 g/mol. The number of aromatic amines is 1. The molecule has 17 heavy (non-hydrogen) atoms. The van der Waals surface area contributed by atoms with E-state index < -0.39 is 0 Å². The monoisotopic (exact) mass is 252 g/mol. The molecule has 2 aliphatic rings. The van der Waals surface area contributed by atoms with Gasteiger partial charge in [-0.2, -0.15) is 0 Å². The molecule has 1 aliphatic carbocycles. The normalized spacial score (nSPS) is 29.6. The van der Waals surface area contributed by atoms with Crippen molar-refractivity contribution in [2.45, 2.75) is 51.6 Å². The zero-order valence-electron chi connectivity index (χ0n) is 10.5. The number of H-pyrrole nitrogens is 1. The molecule has 0 spiro atoms. The number of aromatic nitrogens is 3. The van der Waals surface area contributed by atoms with Gasteiger partial charge < -0.3 is 4.90 Å². The lowest BCUT2D eigenvalue weighted by molar-refractivity contribution is 0.381. The average Bonchev–Trinajstić information content (AvgIpc) is 3.06. The quantitative estimate of drug-likeness (QED) is 0.822. The van der Waals surface area contributed by atoms with E-state index in [0.29, 0.717) is 12.1 Å². The summed E-state index contributed by atoms with van der Waals surface area (Å²) in [5.74, 6) is 1.82. The van der Waals surface area contributed by atoms with Gasteiger partial charge in [0.2, 0.25) is 5.95 Å². The Bertz CT molecular complexity index is 459. The van der Waals surface area contributed by atoms with Crippen molar-refractivity contribution >= 4 is 18.2 Å². The lowest BCUT2D eigenvalue weighted by atomic mass is 9.95. The first kappa shape index (κ1) is 11.3. The zero-order valence-corrected chi connectivity index (χ0v) is 11.3. The molecule has 1 saturated carbocycles. The molecular formula is C12H20N4S. The smallest absolute Gasteiger partial charge is 0.226 e. The fourth-order valence-electron chi connectivity index (χ4n) is 2.73. The molecule has 0 radical (unpaired) electrons. The van der Waals surface area contributed by atoms with Gasteiger partial charge in [0.25, 0.3) is 0 Å². The van der Waals surface area contributed by atoms with Crippen LogP contribution in [0.25, 0.3) is 0 Å². The second-order valence-corrected chi connectivity index (χ2v) is 6.00. The number of nitrogens with one attached hydrogen (secondary N) is 1. The molecule has 0 bridgehead atoms. The van der Waals surface area contributed by atoms with Crippen molar-refractivity contribution < 1.29 is 0 Å². The van der Waals surface area contributed by atoms with E-state index >= 15 is 0 Å². The lowest BCUT2D eigenvalue weighted by Gasteiger charge is -2.37. The summed E-state index contributed by atoms with van der Waals surface area (Å²) < 4.78 is 3.01. The summed E-state index contributed by atoms with van der Waals surface area (Å²) >= 11 is 5.34. The van der Waals surface area contributed by atoms with Crippen LogP contribution >= 0.6 is 12.2 Å². The van der Waals surface area contributed by atoms with Crippen molar-refractivity contribution in [1.82, 2.24) is 14.8 Å². The highest BCUT2D eigenvalue weighted by atomic mass is 32.1. The fraction of sp³-hybridized carbons (Fsp3) is 0.833. The van der Waals surface area contributed by atoms with Crippen LogP contribution in [0.5, 0.6) is 0 Å². The Morgan fingerprint density at radius 3 is 2.71 bits per heavy atom. The number of nitrogens with zero attached hydrogens (tertiary/aromatic N) is 3. The van der Waals surface area contributed by atoms with Gasteiger partial charge in [0.1, 0.15) is 0 Å². The summed E-state index contributed by atoms with van der Waals surface area (Å²) in [6.07, 6.45) is 5.08. The molecule has 2 atom stereocenters. The molecule has 4 nitrogen and oxygen atoms in total. The highest BCUT2D eigenvalue weighted by Crippen LogP contribution is 2.39. The maximum atomic E-state index is 5.34. The van der Waals surface area contributed by atoms with Crippen molar-refractivity contribution in [1.29, 1.82) is 0 Å². The van der Waals surface area contributed by atoms with Gasteiger partial charge in [-0.25, -0.2) is 5.10 Å². The molecule has 1 aliphatic heterocycles. The van der Waals surface area contributed by atoms with Crippen LogP contribution in [-0.4, -0.2) is 27.4 Å². The van der Waals surface area contributed by atoms with E-state index in [1.54, 1.807) is 0 Å². The van der Waals surface area contributed by atoms with Crippen LogP contribution in [0.2, 0.25) is 0 Å². The van der Waals surface area contributed by atoms with Crippen LogP contribution in [0, 0.1) is 10.7 Å². The fourth-order valence-corrected chi connectivity index (χ4v) is 3.00. The van der Waals surface area contributed by atoms with Crippen molar-refractivity contribution in [2.24, 2.45) is 5.92 Å². The van der Waals surface area contributed by atoms with E-state index in [1.165, 1.54) is 25.7 Å². The highest BCUT2D eigenvalue weighted by Gasteiger charge is 2.32. The summed E-state index contributed by atoms with van der Waals surface area (Å²) in [6.45, 7) is 5.72. The molecule has 1 aromatic heterocycles. The number of rotatable bonds is 2. The molecule has 1 saturated heterocycles. The third kappa shape index (κ3) is 2.01. The average molecular weight is 252 g/mol. The second-order valence-electron chi connectivity index (χ2n) is 5.61. The van der Waals surface area contributed by atoms with Gasteiger partial charge in [-0.15, -0.1) is 5.10 Å². The Morgan fingerprint density at radius 1 is 1.24 bits per heavy atom. The highest BCUT2D eigenvalue weighted by molar-refractivity contribution is 7.71. The van der Waals surface area contributed by atoms with Crippen LogP contribution in [0.3, 0.4) is 0 Å². The zero-order chi connectivity index (χ0) is 12.0. The minimum absolute atomic E-state index is 0.578. The summed E-state index contributed by atoms with van der Waals surface area (Å²) in [5, 5.41) is 7.42. The van der Waals surface area contributed by atoms with E-state index in [4.69, 9.17) is 12.2 Å². The SMILES string of the molecule is CC1CCC(C)N(c2n[nH]c(=S)n2C2CC2)C1. The van der Waals surface area contributed by atoms with Gasteiger partial charge in [0.15, 0.2) is 4.77 Å². The number of anilines is 1. The molecule has 3 rings (SSSR count). The van der Waals surface area contributed by atoms with Crippen LogP contribution in [-0.2, 0) is 0 Å². The predicted molar refractivity (Wildman–Crippen MR) is 70.9 cm³/mol. The van der Waals surface area contributed by atoms with Crippen LogP contribution in [0.1, 0.15) is 45.6 Å². The molecule has 2 heterocycles. The maximum Gasteiger partial charge on any atom is 0.226 e. The molecule has 2 fully saturated rings. The third-order valence-electron chi connectivity index (χ3n) is 3.97. The minimum Gasteiger partial charge on any atom is -0.338 e. The van der Waals surface area contributed by atoms with Crippen LogP contribution in [0.15, 0.2) is 0 Å². The molecule has 1 N–H and O–H groups in total. The molecule has 94 valence electrons. The number of hydrogen-bond donors (Lipinski definition) is 1. The van der Waals surface area contributed by atoms with Gasteiger partial charge >= 0.3 is 0 Å². The van der Waals surface area contributed by atoms with Crippen LogP contribution < -0.4 is 4.90 Å². The Hall–Kier alpha value is -0.840. The summed E-state index contributed by atoms with van der Waals surface area (Å²) in [6, 6.07) is 1.18. The molecule has 0 aromatic carbocycles. The Labute approximate surface area is 107 Å². The summed E-state index contributed by atoms with van der Waals surface area (Å²) in [7, 11) is 0. The van der Waals surface area contributed by atoms with Gasteiger partial charge in [-0.05, 0) is 50.7 Å². The van der Waals surface area contributed by atoms with Crippen LogP contribution in [0.4, 0.5) is 5.95 Å². The molecule has 0 amide bonds. The Kier molecular flexibility index (Phi) is 2.73. The third-order valence-corrected chi connectivity index (χ3v) is 4.26. The summed E-state index contributed by atoms with van der Waals surface area (Å²) in [5.41, 5.74) is 0. The van der Waals surface area contributed by atoms with Gasteiger partial charge in [0, 0.05) is 18.6 Å². The topological polar surface area (TPSA) is 36.9 Å². The van der Waals surface area contributed by atoms with Crippen molar-refractivity contribution in [3.8, 4) is 0 Å². The Morgan fingerprint density at radius 2 is 2.00 bits per heavy atom. The molecule has 2 unspecified atom stereocenters. The standard InChI is InChI=1S/C12H20N4S/c1-8-3-4-9(2)15(7-8)11-13-14-12(17)16(11)10-5-6-10/h8-10H,3-7H2,1-2H3,(H,14,17). The van der Waals surface area contributed by atoms with E-state index in [2.05, 4.69) is 33.5 Å². The lowest BCUT2D eigenvalue weighted by Crippen LogP contribution is -2.42. The maximum absolute atomic E-state index is 5.34. The van der Waals surface area contributed by atoms with Crippen molar-refractivity contribution in [3.05, 3.63) is 4.77 Å². The Balaban J connectivity index is 1.94. The number of hydrogen-bond acceptors (Lipinski definition) is 3. The van der Waals surface area contributed by atoms with E-state index in [-0.39, 0.29) is 0 Å². The van der Waals surface area contributed by atoms with Crippen molar-refractivity contribution in [3.63, 3.8) is 0 Å². The van der Waals surface area contributed by atoms with Crippen molar-refractivity contribution in [2.75, 3.05) is 11.4 Å². The summed E-state index contributed by atoms with van der Waals surface area (Å²) in [4.78, 5) is 2.43. The number of piperidine rings is 1. The first-order valence-electron chi connectivity index (χ1n) is 6.60. The first-order valence-corrected chi connectivity index (χ1v) is 7.01. The predicted octanol–water partition coefficient (Wildman–Crippen LogP) is 2.90. The van der Waals surface area contributed by atoms with E-state index in [1.807, 2.05) is 0 Å². The largest absolute Gasteiger partial charge is 0.338 e. The first-order chi connectivity index (χ1) is 8.16. The minimum atomic E-state index is 0.578. The second kappa shape index (κ2) is 4.12. The van der Waals surface area contributed by atoms with E-state index in [9.17, 15) is 0 Å². The van der Waals surface area contributed by atoms with E-state index in [0.717, 1.165) is 23.2 Å². The van der Waals surface area contributed by atoms with Gasteiger partial charge in [-0.1, -0.05) is 6.92 Å². The van der Waals surface area contributed by atoms with Gasteiger partial charge in [0.05, 0.1) is 0 Å². The van der Waals surface area contributed by atoms with Gasteiger partial charge in [-0.3, -0.25) is 4.57 Å². The molecule has 1 aromatic rings. The molecule has 5 heteroatoms.